The van der Waals surface area contributed by atoms with Crippen LogP contribution >= 0.6 is 11.6 Å². The lowest BCUT2D eigenvalue weighted by molar-refractivity contribution is -0.136. The summed E-state index contributed by atoms with van der Waals surface area (Å²) in [6, 6.07) is 12.0. The van der Waals surface area contributed by atoms with Crippen LogP contribution in [0.25, 0.3) is 0 Å². The third-order valence-corrected chi connectivity index (χ3v) is 1.09. The van der Waals surface area contributed by atoms with Gasteiger partial charge in [-0.15, -0.1) is 0 Å². The molecule has 3 N–H and O–H groups in total. The molecular weight excluding hydrogens is 178 g/mol. The van der Waals surface area contributed by atoms with Gasteiger partial charge < -0.3 is 10.8 Å². The fourth-order valence-electron chi connectivity index (χ4n) is 0.385. The van der Waals surface area contributed by atoms with Crippen molar-refractivity contribution in [2.75, 3.05) is 0 Å². The molecule has 66 valence electrons. The monoisotopic (exact) mass is 187 g/mol. The number of carboxylic acid groups (broad SMARTS) is 1. The van der Waals surface area contributed by atoms with Crippen LogP contribution in [0.1, 0.15) is 0 Å². The predicted octanol–water partition coefficient (Wildman–Crippen LogP) is 1.28. The van der Waals surface area contributed by atoms with Crippen LogP contribution in [-0.2, 0) is 4.79 Å². The van der Waals surface area contributed by atoms with E-state index in [0.29, 0.717) is 0 Å². The molecule has 0 aromatic heterocycles. The normalized spacial score (nSPS) is 10.8. The number of benzene rings is 1. The van der Waals surface area contributed by atoms with Gasteiger partial charge >= 0.3 is 5.97 Å². The van der Waals surface area contributed by atoms with Crippen molar-refractivity contribution in [3.63, 3.8) is 0 Å². The first-order chi connectivity index (χ1) is 5.64. The van der Waals surface area contributed by atoms with Crippen molar-refractivity contribution in [2.45, 2.75) is 5.50 Å². The highest BCUT2D eigenvalue weighted by Crippen LogP contribution is 1.80. The van der Waals surface area contributed by atoms with Gasteiger partial charge in [-0.2, -0.15) is 0 Å². The van der Waals surface area contributed by atoms with E-state index in [9.17, 15) is 4.79 Å². The maximum atomic E-state index is 9.44. The number of rotatable bonds is 1. The van der Waals surface area contributed by atoms with Crippen LogP contribution < -0.4 is 5.73 Å². The number of alkyl halides is 1. The van der Waals surface area contributed by atoms with Gasteiger partial charge in [-0.25, -0.2) is 4.79 Å². The molecule has 0 aliphatic carbocycles. The molecule has 0 fully saturated rings. The maximum absolute atomic E-state index is 9.44. The van der Waals surface area contributed by atoms with Gasteiger partial charge in [0, 0.05) is 0 Å². The van der Waals surface area contributed by atoms with E-state index in [4.69, 9.17) is 16.7 Å². The zero-order valence-electron chi connectivity index (χ0n) is 6.35. The molecular formula is C8H10ClNO2. The van der Waals surface area contributed by atoms with Crippen molar-refractivity contribution >= 4 is 17.6 Å². The van der Waals surface area contributed by atoms with Crippen LogP contribution in [0.2, 0.25) is 0 Å². The molecule has 0 saturated carbocycles. The fourth-order valence-corrected chi connectivity index (χ4v) is 0.385. The third kappa shape index (κ3) is 7.05. The highest BCUT2D eigenvalue weighted by molar-refractivity contribution is 6.29. The summed E-state index contributed by atoms with van der Waals surface area (Å²) in [6.45, 7) is 0. The van der Waals surface area contributed by atoms with Crippen LogP contribution in [-0.4, -0.2) is 16.6 Å². The fraction of sp³-hybridized carbons (Fsp3) is 0.125. The van der Waals surface area contributed by atoms with Gasteiger partial charge in [-0.05, 0) is 0 Å². The number of halogens is 1. The number of aliphatic carboxylic acids is 1. The molecule has 1 aromatic rings. The van der Waals surface area contributed by atoms with Crippen LogP contribution in [0.5, 0.6) is 0 Å². The molecule has 1 unspecified atom stereocenters. The van der Waals surface area contributed by atoms with E-state index >= 15 is 0 Å². The lowest BCUT2D eigenvalue weighted by Crippen LogP contribution is -2.22. The van der Waals surface area contributed by atoms with Crippen molar-refractivity contribution in [1.29, 1.82) is 0 Å². The molecule has 4 heteroatoms. The first-order valence-corrected chi connectivity index (χ1v) is 3.70. The van der Waals surface area contributed by atoms with Gasteiger partial charge in [0.05, 0.1) is 0 Å². The van der Waals surface area contributed by atoms with Crippen LogP contribution in [0.15, 0.2) is 36.4 Å². The molecule has 0 heterocycles. The molecule has 12 heavy (non-hydrogen) atoms. The maximum Gasteiger partial charge on any atom is 0.336 e. The molecule has 0 aliphatic heterocycles. The largest absolute Gasteiger partial charge is 0.479 e. The number of hydrogen-bond acceptors (Lipinski definition) is 2. The lowest BCUT2D eigenvalue weighted by Gasteiger charge is -1.87. The summed E-state index contributed by atoms with van der Waals surface area (Å²) >= 11 is 4.79. The van der Waals surface area contributed by atoms with Crippen LogP contribution in [0.4, 0.5) is 0 Å². The van der Waals surface area contributed by atoms with Gasteiger partial charge in [0.25, 0.3) is 0 Å². The van der Waals surface area contributed by atoms with E-state index in [-0.39, 0.29) is 0 Å². The summed E-state index contributed by atoms with van der Waals surface area (Å²) in [5.74, 6) is -1.20. The molecule has 1 rings (SSSR count). The quantitative estimate of drug-likeness (QED) is 0.514. The Morgan fingerprint density at radius 3 is 1.42 bits per heavy atom. The standard InChI is InChI=1S/C6H6.C2H4ClNO2/c1-2-4-6-5-3-1;3-1(4)2(5)6/h1-6H;1H,4H2,(H,5,6). The van der Waals surface area contributed by atoms with Crippen molar-refractivity contribution < 1.29 is 9.90 Å². The minimum absolute atomic E-state index is 1.20. The molecule has 0 spiro atoms. The Hall–Kier alpha value is -1.06. The van der Waals surface area contributed by atoms with Crippen LogP contribution in [0, 0.1) is 0 Å². The van der Waals surface area contributed by atoms with E-state index in [0.717, 1.165) is 0 Å². The van der Waals surface area contributed by atoms with Crippen molar-refractivity contribution in [3.8, 4) is 0 Å². The summed E-state index contributed by atoms with van der Waals surface area (Å²) in [6.07, 6.45) is 0. The Balaban J connectivity index is 0.000000202. The average molecular weight is 188 g/mol. The van der Waals surface area contributed by atoms with E-state index in [1.54, 1.807) is 0 Å². The van der Waals surface area contributed by atoms with Gasteiger partial charge in [-0.1, -0.05) is 48.0 Å². The van der Waals surface area contributed by atoms with Crippen molar-refractivity contribution in [3.05, 3.63) is 36.4 Å². The van der Waals surface area contributed by atoms with E-state index in [1.807, 2.05) is 36.4 Å². The van der Waals surface area contributed by atoms with E-state index in [1.165, 1.54) is 0 Å². The highest BCUT2D eigenvalue weighted by atomic mass is 35.5. The minimum Gasteiger partial charge on any atom is -0.479 e. The summed E-state index contributed by atoms with van der Waals surface area (Å²) in [4.78, 5) is 9.44. The van der Waals surface area contributed by atoms with E-state index in [2.05, 4.69) is 5.73 Å². The molecule has 0 saturated heterocycles. The number of carboxylic acids is 1. The summed E-state index contributed by atoms with van der Waals surface area (Å²) in [7, 11) is 0. The zero-order valence-corrected chi connectivity index (χ0v) is 7.11. The Kier molecular flexibility index (Phi) is 6.05. The molecule has 0 radical (unpaired) electrons. The molecule has 3 nitrogen and oxygen atoms in total. The summed E-state index contributed by atoms with van der Waals surface area (Å²) in [5, 5.41) is 7.73. The molecule has 0 amide bonds. The third-order valence-electron chi connectivity index (χ3n) is 0.903. The molecule has 1 aromatic carbocycles. The molecule has 0 aliphatic rings. The van der Waals surface area contributed by atoms with Gasteiger partial charge in [0.1, 0.15) is 0 Å². The zero-order chi connectivity index (χ0) is 9.40. The summed E-state index contributed by atoms with van der Waals surface area (Å²) < 4.78 is 0. The van der Waals surface area contributed by atoms with Crippen molar-refractivity contribution in [1.82, 2.24) is 0 Å². The Labute approximate surface area is 75.8 Å². The van der Waals surface area contributed by atoms with Crippen LogP contribution in [0.3, 0.4) is 0 Å². The van der Waals surface area contributed by atoms with Gasteiger partial charge in [0.15, 0.2) is 5.50 Å². The second kappa shape index (κ2) is 6.64. The minimum atomic E-state index is -1.26. The predicted molar refractivity (Wildman–Crippen MR) is 47.9 cm³/mol. The number of nitrogens with two attached hydrogens (primary N) is 1. The second-order valence-electron chi connectivity index (χ2n) is 1.89. The van der Waals surface area contributed by atoms with E-state index < -0.39 is 11.5 Å². The first-order valence-electron chi connectivity index (χ1n) is 3.27. The topological polar surface area (TPSA) is 63.3 Å². The lowest BCUT2D eigenvalue weighted by atomic mass is 10.4. The Morgan fingerprint density at radius 2 is 1.33 bits per heavy atom. The SMILES string of the molecule is NC(Cl)C(=O)O.c1ccccc1. The number of hydrogen-bond donors (Lipinski definition) is 2. The summed E-state index contributed by atoms with van der Waals surface area (Å²) in [5.41, 5.74) is 3.34. The Morgan fingerprint density at radius 1 is 1.17 bits per heavy atom. The first kappa shape index (κ1) is 10.9. The van der Waals surface area contributed by atoms with Gasteiger partial charge in [-0.3, -0.25) is 0 Å². The van der Waals surface area contributed by atoms with Crippen molar-refractivity contribution in [2.24, 2.45) is 5.73 Å². The highest BCUT2D eigenvalue weighted by Gasteiger charge is 2.02. The molecule has 1 atom stereocenters. The number of carbonyl (C=O) groups is 1. The second-order valence-corrected chi connectivity index (χ2v) is 2.36. The molecule has 0 bridgehead atoms. The smallest absolute Gasteiger partial charge is 0.336 e. The van der Waals surface area contributed by atoms with Gasteiger partial charge in [0.2, 0.25) is 0 Å². The Bertz CT molecular complexity index is 187. The average Bonchev–Trinajstić information content (AvgIpc) is 2.08.